The first-order chi connectivity index (χ1) is 6.27. The van der Waals surface area contributed by atoms with Crippen LogP contribution in [0.5, 0.6) is 0 Å². The summed E-state index contributed by atoms with van der Waals surface area (Å²) < 4.78 is 12.9. The SMILES string of the molecule is Fc1ccc2c(c1)CNC1(CC1)C2. The number of hydrogen-bond donors (Lipinski definition) is 1. The van der Waals surface area contributed by atoms with E-state index >= 15 is 0 Å². The number of hydrogen-bond acceptors (Lipinski definition) is 1. The highest BCUT2D eigenvalue weighted by Gasteiger charge is 2.44. The maximum atomic E-state index is 12.9. The van der Waals surface area contributed by atoms with Crippen LogP contribution in [0.2, 0.25) is 0 Å². The van der Waals surface area contributed by atoms with Gasteiger partial charge in [-0.15, -0.1) is 0 Å². The zero-order valence-corrected chi connectivity index (χ0v) is 7.44. The molecule has 1 aromatic rings. The van der Waals surface area contributed by atoms with Crippen molar-refractivity contribution in [3.8, 4) is 0 Å². The standard InChI is InChI=1S/C11H12FN/c12-10-2-1-8-6-11(3-4-11)13-7-9(8)5-10/h1-2,5,13H,3-4,6-7H2. The fourth-order valence-corrected chi connectivity index (χ4v) is 2.15. The van der Waals surface area contributed by atoms with Gasteiger partial charge in [0.25, 0.3) is 0 Å². The lowest BCUT2D eigenvalue weighted by molar-refractivity contribution is 0.461. The molecule has 0 saturated heterocycles. The summed E-state index contributed by atoms with van der Waals surface area (Å²) >= 11 is 0. The molecule has 68 valence electrons. The number of fused-ring (bicyclic) bond motifs is 1. The van der Waals surface area contributed by atoms with E-state index in [9.17, 15) is 4.39 Å². The van der Waals surface area contributed by atoms with Gasteiger partial charge in [-0.3, -0.25) is 0 Å². The molecular weight excluding hydrogens is 165 g/mol. The lowest BCUT2D eigenvalue weighted by Gasteiger charge is -2.25. The van der Waals surface area contributed by atoms with Crippen LogP contribution in [0, 0.1) is 5.82 Å². The first-order valence-electron chi connectivity index (χ1n) is 4.80. The number of halogens is 1. The zero-order chi connectivity index (χ0) is 8.89. The minimum Gasteiger partial charge on any atom is -0.307 e. The smallest absolute Gasteiger partial charge is 0.123 e. The zero-order valence-electron chi connectivity index (χ0n) is 7.44. The number of benzene rings is 1. The van der Waals surface area contributed by atoms with Crippen molar-refractivity contribution in [1.29, 1.82) is 0 Å². The Hall–Kier alpha value is -0.890. The van der Waals surface area contributed by atoms with E-state index in [1.54, 1.807) is 12.1 Å². The number of rotatable bonds is 0. The summed E-state index contributed by atoms with van der Waals surface area (Å²) in [6, 6.07) is 5.16. The molecule has 0 unspecified atom stereocenters. The third-order valence-corrected chi connectivity index (χ3v) is 3.20. The summed E-state index contributed by atoms with van der Waals surface area (Å²) in [5.41, 5.74) is 2.86. The van der Waals surface area contributed by atoms with E-state index in [0.717, 1.165) is 18.5 Å². The molecule has 1 fully saturated rings. The Labute approximate surface area is 77.0 Å². The van der Waals surface area contributed by atoms with Crippen molar-refractivity contribution in [3.63, 3.8) is 0 Å². The highest BCUT2D eigenvalue weighted by atomic mass is 19.1. The third kappa shape index (κ3) is 1.17. The molecular formula is C11H12FN. The van der Waals surface area contributed by atoms with Crippen LogP contribution in [-0.4, -0.2) is 5.54 Å². The minimum atomic E-state index is -0.118. The lowest BCUT2D eigenvalue weighted by atomic mass is 9.94. The van der Waals surface area contributed by atoms with Gasteiger partial charge in [0.2, 0.25) is 0 Å². The molecule has 0 atom stereocenters. The topological polar surface area (TPSA) is 12.0 Å². The van der Waals surface area contributed by atoms with E-state index in [-0.39, 0.29) is 5.82 Å². The quantitative estimate of drug-likeness (QED) is 0.639. The van der Waals surface area contributed by atoms with Crippen molar-refractivity contribution in [3.05, 3.63) is 35.1 Å². The maximum absolute atomic E-state index is 12.9. The fraction of sp³-hybridized carbons (Fsp3) is 0.455. The average molecular weight is 177 g/mol. The first kappa shape index (κ1) is 7.51. The molecule has 1 heterocycles. The fourth-order valence-electron chi connectivity index (χ4n) is 2.15. The van der Waals surface area contributed by atoms with Gasteiger partial charge in [0, 0.05) is 12.1 Å². The molecule has 1 aromatic carbocycles. The highest BCUT2D eigenvalue weighted by Crippen LogP contribution is 2.41. The normalized spacial score (nSPS) is 22.8. The van der Waals surface area contributed by atoms with E-state index in [1.807, 2.05) is 6.07 Å². The van der Waals surface area contributed by atoms with Crippen molar-refractivity contribution in [2.24, 2.45) is 0 Å². The van der Waals surface area contributed by atoms with E-state index in [2.05, 4.69) is 5.32 Å². The Morgan fingerprint density at radius 3 is 2.85 bits per heavy atom. The summed E-state index contributed by atoms with van der Waals surface area (Å²) in [6.45, 7) is 0.840. The van der Waals surface area contributed by atoms with E-state index in [0.29, 0.717) is 5.54 Å². The van der Waals surface area contributed by atoms with Gasteiger partial charge < -0.3 is 5.32 Å². The van der Waals surface area contributed by atoms with Crippen LogP contribution < -0.4 is 5.32 Å². The maximum Gasteiger partial charge on any atom is 0.123 e. The van der Waals surface area contributed by atoms with Crippen LogP contribution in [0.15, 0.2) is 18.2 Å². The summed E-state index contributed by atoms with van der Waals surface area (Å²) in [6.07, 6.45) is 3.65. The molecule has 13 heavy (non-hydrogen) atoms. The van der Waals surface area contributed by atoms with Gasteiger partial charge in [0.05, 0.1) is 0 Å². The monoisotopic (exact) mass is 177 g/mol. The molecule has 3 rings (SSSR count). The highest BCUT2D eigenvalue weighted by molar-refractivity contribution is 5.34. The molecule has 1 aliphatic heterocycles. The van der Waals surface area contributed by atoms with Crippen molar-refractivity contribution in [1.82, 2.24) is 5.32 Å². The van der Waals surface area contributed by atoms with Gasteiger partial charge in [0.15, 0.2) is 0 Å². The Kier molecular flexibility index (Phi) is 1.34. The van der Waals surface area contributed by atoms with E-state index in [4.69, 9.17) is 0 Å². The first-order valence-corrected chi connectivity index (χ1v) is 4.80. The number of nitrogens with one attached hydrogen (secondary N) is 1. The summed E-state index contributed by atoms with van der Waals surface area (Å²) in [5.74, 6) is -0.118. The van der Waals surface area contributed by atoms with Gasteiger partial charge in [-0.1, -0.05) is 6.07 Å². The Balaban J connectivity index is 2.00. The van der Waals surface area contributed by atoms with Crippen LogP contribution in [0.4, 0.5) is 4.39 Å². The average Bonchev–Trinajstić information content (AvgIpc) is 2.87. The van der Waals surface area contributed by atoms with E-state index < -0.39 is 0 Å². The largest absolute Gasteiger partial charge is 0.307 e. The summed E-state index contributed by atoms with van der Waals surface area (Å²) in [4.78, 5) is 0. The molecule has 1 N–H and O–H groups in total. The molecule has 1 aliphatic carbocycles. The second-order valence-corrected chi connectivity index (χ2v) is 4.22. The third-order valence-electron chi connectivity index (χ3n) is 3.20. The predicted molar refractivity (Wildman–Crippen MR) is 48.9 cm³/mol. The van der Waals surface area contributed by atoms with Gasteiger partial charge in [-0.2, -0.15) is 0 Å². The molecule has 2 aliphatic rings. The molecule has 1 nitrogen and oxygen atoms in total. The molecule has 1 saturated carbocycles. The predicted octanol–water partition coefficient (Wildman–Crippen LogP) is 2.00. The molecule has 2 heteroatoms. The van der Waals surface area contributed by atoms with Crippen molar-refractivity contribution < 1.29 is 4.39 Å². The van der Waals surface area contributed by atoms with Gasteiger partial charge in [-0.25, -0.2) is 4.39 Å². The Bertz CT molecular complexity index is 355. The van der Waals surface area contributed by atoms with Crippen LogP contribution in [0.3, 0.4) is 0 Å². The molecule has 0 bridgehead atoms. The van der Waals surface area contributed by atoms with Gasteiger partial charge in [0.1, 0.15) is 5.82 Å². The minimum absolute atomic E-state index is 0.118. The molecule has 0 aromatic heterocycles. The second kappa shape index (κ2) is 2.32. The van der Waals surface area contributed by atoms with Gasteiger partial charge >= 0.3 is 0 Å². The molecule has 0 radical (unpaired) electrons. The van der Waals surface area contributed by atoms with Crippen LogP contribution >= 0.6 is 0 Å². The van der Waals surface area contributed by atoms with Crippen LogP contribution in [0.1, 0.15) is 24.0 Å². The molecule has 1 spiro atoms. The van der Waals surface area contributed by atoms with Crippen molar-refractivity contribution >= 4 is 0 Å². The molecule has 0 amide bonds. The van der Waals surface area contributed by atoms with Crippen LogP contribution in [-0.2, 0) is 13.0 Å². The lowest BCUT2D eigenvalue weighted by Crippen LogP contribution is -2.37. The van der Waals surface area contributed by atoms with Crippen LogP contribution in [0.25, 0.3) is 0 Å². The summed E-state index contributed by atoms with van der Waals surface area (Å²) in [5, 5.41) is 3.49. The van der Waals surface area contributed by atoms with Gasteiger partial charge in [-0.05, 0) is 42.5 Å². The Morgan fingerprint density at radius 1 is 1.23 bits per heavy atom. The second-order valence-electron chi connectivity index (χ2n) is 4.22. The summed E-state index contributed by atoms with van der Waals surface area (Å²) in [7, 11) is 0. The Morgan fingerprint density at radius 2 is 2.08 bits per heavy atom. The van der Waals surface area contributed by atoms with Crippen molar-refractivity contribution in [2.75, 3.05) is 0 Å². The van der Waals surface area contributed by atoms with Crippen molar-refractivity contribution in [2.45, 2.75) is 31.3 Å². The van der Waals surface area contributed by atoms with E-state index in [1.165, 1.54) is 18.4 Å².